The minimum Gasteiger partial charge on any atom is -0.504 e. The summed E-state index contributed by atoms with van der Waals surface area (Å²) in [5.74, 6) is 1.17. The maximum absolute atomic E-state index is 9.42. The van der Waals surface area contributed by atoms with E-state index >= 15 is 0 Å². The van der Waals surface area contributed by atoms with E-state index in [0.717, 1.165) is 0 Å². The van der Waals surface area contributed by atoms with Crippen molar-refractivity contribution in [3.05, 3.63) is 42.1 Å². The average molecular weight is 205 g/mol. The third-order valence-electron chi connectivity index (χ3n) is 1.91. The van der Waals surface area contributed by atoms with E-state index in [1.165, 1.54) is 6.26 Å². The van der Waals surface area contributed by atoms with Gasteiger partial charge in [-0.15, -0.1) is 0 Å². The van der Waals surface area contributed by atoms with Crippen LogP contribution < -0.4 is 4.74 Å². The fraction of sp³-hybridized carbons (Fsp3) is 0.182. The molecule has 0 aliphatic rings. The smallest absolute Gasteiger partial charge is 0.191 e. The maximum Gasteiger partial charge on any atom is 0.191 e. The summed E-state index contributed by atoms with van der Waals surface area (Å²) in [6, 6.07) is 6.80. The Balaban J connectivity index is 2.02. The minimum absolute atomic E-state index is 0.123. The first-order valence-corrected chi connectivity index (χ1v) is 4.57. The minimum atomic E-state index is 0.123. The van der Waals surface area contributed by atoms with Gasteiger partial charge >= 0.3 is 0 Å². The number of para-hydroxylation sites is 2. The molecule has 1 heterocycles. The molecule has 2 aromatic rings. The third kappa shape index (κ3) is 2.28. The van der Waals surface area contributed by atoms with Crippen molar-refractivity contribution in [1.29, 1.82) is 0 Å². The number of phenols is 1. The van der Waals surface area contributed by atoms with E-state index in [2.05, 4.69) is 4.98 Å². The number of benzene rings is 1. The first kappa shape index (κ1) is 9.58. The van der Waals surface area contributed by atoms with Gasteiger partial charge in [-0.25, -0.2) is 4.98 Å². The van der Waals surface area contributed by atoms with E-state index in [1.54, 1.807) is 31.2 Å². The number of aromatic hydroxyl groups is 1. The molecule has 2 rings (SSSR count). The Hall–Kier alpha value is -1.97. The first-order valence-electron chi connectivity index (χ1n) is 4.57. The third-order valence-corrected chi connectivity index (χ3v) is 1.91. The number of oxazole rings is 1. The van der Waals surface area contributed by atoms with Gasteiger partial charge in [0.05, 0.1) is 0 Å². The lowest BCUT2D eigenvalue weighted by molar-refractivity contribution is 0.284. The van der Waals surface area contributed by atoms with Gasteiger partial charge in [0.1, 0.15) is 18.6 Å². The molecule has 1 aromatic carbocycles. The molecule has 1 N–H and O–H groups in total. The zero-order valence-corrected chi connectivity index (χ0v) is 8.30. The summed E-state index contributed by atoms with van der Waals surface area (Å²) >= 11 is 0. The molecule has 4 heteroatoms. The Kier molecular flexibility index (Phi) is 2.58. The van der Waals surface area contributed by atoms with Crippen LogP contribution in [0, 0.1) is 6.92 Å². The van der Waals surface area contributed by atoms with Gasteiger partial charge in [-0.1, -0.05) is 12.1 Å². The standard InChI is InChI=1S/C11H11NO3/c1-8-12-9(6-14-8)7-15-11-5-3-2-4-10(11)13/h2-6,13H,7H2,1H3. The molecule has 0 aliphatic carbocycles. The molecule has 78 valence electrons. The van der Waals surface area contributed by atoms with Crippen molar-refractivity contribution in [3.8, 4) is 11.5 Å². The zero-order chi connectivity index (χ0) is 10.7. The fourth-order valence-electron chi connectivity index (χ4n) is 1.21. The highest BCUT2D eigenvalue weighted by Crippen LogP contribution is 2.25. The van der Waals surface area contributed by atoms with Crippen LogP contribution in [0.4, 0.5) is 0 Å². The molecule has 0 atom stereocenters. The van der Waals surface area contributed by atoms with E-state index in [0.29, 0.717) is 17.3 Å². The molecular formula is C11H11NO3. The summed E-state index contributed by atoms with van der Waals surface area (Å²) in [6.07, 6.45) is 1.54. The molecule has 0 saturated carbocycles. The lowest BCUT2D eigenvalue weighted by Crippen LogP contribution is -1.95. The van der Waals surface area contributed by atoms with Gasteiger partial charge in [0.25, 0.3) is 0 Å². The quantitative estimate of drug-likeness (QED) is 0.835. The van der Waals surface area contributed by atoms with Crippen LogP contribution in [-0.4, -0.2) is 10.1 Å². The van der Waals surface area contributed by atoms with Gasteiger partial charge in [-0.05, 0) is 12.1 Å². The zero-order valence-electron chi connectivity index (χ0n) is 8.30. The maximum atomic E-state index is 9.42. The lowest BCUT2D eigenvalue weighted by atomic mass is 10.3. The lowest BCUT2D eigenvalue weighted by Gasteiger charge is -2.04. The Morgan fingerprint density at radius 1 is 1.40 bits per heavy atom. The Bertz CT molecular complexity index is 451. The molecule has 0 spiro atoms. The summed E-state index contributed by atoms with van der Waals surface area (Å²) in [7, 11) is 0. The Morgan fingerprint density at radius 2 is 2.20 bits per heavy atom. The molecule has 0 bridgehead atoms. The van der Waals surface area contributed by atoms with Gasteiger partial charge < -0.3 is 14.3 Å². The second-order valence-electron chi connectivity index (χ2n) is 3.11. The van der Waals surface area contributed by atoms with Gasteiger partial charge in [0.15, 0.2) is 17.4 Å². The predicted octanol–water partition coefficient (Wildman–Crippen LogP) is 2.27. The van der Waals surface area contributed by atoms with E-state index in [1.807, 2.05) is 0 Å². The van der Waals surface area contributed by atoms with Gasteiger partial charge in [-0.3, -0.25) is 0 Å². The highest BCUT2D eigenvalue weighted by Gasteiger charge is 2.03. The Morgan fingerprint density at radius 3 is 2.87 bits per heavy atom. The summed E-state index contributed by atoms with van der Waals surface area (Å²) in [5, 5.41) is 9.42. The van der Waals surface area contributed by atoms with E-state index in [-0.39, 0.29) is 12.4 Å². The molecule has 0 fully saturated rings. The number of nitrogens with zero attached hydrogens (tertiary/aromatic N) is 1. The average Bonchev–Trinajstić information content (AvgIpc) is 2.63. The second kappa shape index (κ2) is 4.04. The number of hydrogen-bond acceptors (Lipinski definition) is 4. The molecule has 0 amide bonds. The molecule has 0 aliphatic heterocycles. The fourth-order valence-corrected chi connectivity index (χ4v) is 1.21. The number of aromatic nitrogens is 1. The highest BCUT2D eigenvalue weighted by molar-refractivity contribution is 5.37. The summed E-state index contributed by atoms with van der Waals surface area (Å²) < 4.78 is 10.4. The van der Waals surface area contributed by atoms with Crippen molar-refractivity contribution < 1.29 is 14.3 Å². The molecule has 4 nitrogen and oxygen atoms in total. The van der Waals surface area contributed by atoms with Crippen molar-refractivity contribution in [3.63, 3.8) is 0 Å². The summed E-state index contributed by atoms with van der Waals surface area (Å²) in [5.41, 5.74) is 0.704. The van der Waals surface area contributed by atoms with Gasteiger partial charge in [0, 0.05) is 6.92 Å². The predicted molar refractivity (Wildman–Crippen MR) is 53.7 cm³/mol. The molecule has 15 heavy (non-hydrogen) atoms. The molecule has 0 saturated heterocycles. The van der Waals surface area contributed by atoms with Crippen molar-refractivity contribution in [2.45, 2.75) is 13.5 Å². The Labute approximate surface area is 87.1 Å². The van der Waals surface area contributed by atoms with Crippen LogP contribution in [0.1, 0.15) is 11.6 Å². The SMILES string of the molecule is Cc1nc(COc2ccccc2O)co1. The van der Waals surface area contributed by atoms with E-state index in [9.17, 15) is 5.11 Å². The highest BCUT2D eigenvalue weighted by atomic mass is 16.5. The van der Waals surface area contributed by atoms with E-state index < -0.39 is 0 Å². The van der Waals surface area contributed by atoms with Crippen molar-refractivity contribution >= 4 is 0 Å². The molecular weight excluding hydrogens is 194 g/mol. The molecule has 0 radical (unpaired) electrons. The number of rotatable bonds is 3. The number of hydrogen-bond donors (Lipinski definition) is 1. The first-order chi connectivity index (χ1) is 7.25. The number of ether oxygens (including phenoxy) is 1. The number of aryl methyl sites for hydroxylation is 1. The van der Waals surface area contributed by atoms with Crippen LogP contribution in [0.5, 0.6) is 11.5 Å². The second-order valence-corrected chi connectivity index (χ2v) is 3.11. The van der Waals surface area contributed by atoms with Crippen molar-refractivity contribution in [2.75, 3.05) is 0 Å². The number of phenolic OH excluding ortho intramolecular Hbond substituents is 1. The van der Waals surface area contributed by atoms with Crippen LogP contribution in [-0.2, 0) is 6.61 Å². The largest absolute Gasteiger partial charge is 0.504 e. The van der Waals surface area contributed by atoms with Crippen LogP contribution >= 0.6 is 0 Å². The van der Waals surface area contributed by atoms with Gasteiger partial charge in [0.2, 0.25) is 0 Å². The molecule has 1 aromatic heterocycles. The van der Waals surface area contributed by atoms with Crippen LogP contribution in [0.2, 0.25) is 0 Å². The van der Waals surface area contributed by atoms with Crippen molar-refractivity contribution in [2.24, 2.45) is 0 Å². The topological polar surface area (TPSA) is 55.5 Å². The van der Waals surface area contributed by atoms with Crippen LogP contribution in [0.25, 0.3) is 0 Å². The van der Waals surface area contributed by atoms with Gasteiger partial charge in [-0.2, -0.15) is 0 Å². The normalized spacial score (nSPS) is 10.2. The molecule has 0 unspecified atom stereocenters. The summed E-state index contributed by atoms with van der Waals surface area (Å²) in [4.78, 5) is 4.08. The van der Waals surface area contributed by atoms with E-state index in [4.69, 9.17) is 9.15 Å². The monoisotopic (exact) mass is 205 g/mol. The van der Waals surface area contributed by atoms with Crippen molar-refractivity contribution in [1.82, 2.24) is 4.98 Å². The van der Waals surface area contributed by atoms with Crippen LogP contribution in [0.15, 0.2) is 34.9 Å². The van der Waals surface area contributed by atoms with Crippen LogP contribution in [0.3, 0.4) is 0 Å². The summed E-state index contributed by atoms with van der Waals surface area (Å²) in [6.45, 7) is 2.05.